The smallest absolute Gasteiger partial charge is 0.135 e. The summed E-state index contributed by atoms with van der Waals surface area (Å²) in [5.74, 6) is 0.861. The fourth-order valence-corrected chi connectivity index (χ4v) is 1.87. The highest BCUT2D eigenvalue weighted by atomic mass is 15.0. The van der Waals surface area contributed by atoms with E-state index in [-0.39, 0.29) is 0 Å². The minimum Gasteiger partial charge on any atom is -0.367 e. The quantitative estimate of drug-likeness (QED) is 0.703. The Balaban J connectivity index is 2.85. The zero-order valence-corrected chi connectivity index (χ0v) is 11.1. The molecule has 0 bridgehead atoms. The van der Waals surface area contributed by atoms with Crippen LogP contribution in [0.2, 0.25) is 0 Å². The number of pyridine rings is 1. The molecule has 0 aliphatic heterocycles. The molecule has 94 valence electrons. The molecule has 1 rings (SSSR count). The van der Waals surface area contributed by atoms with Crippen molar-refractivity contribution in [3.8, 4) is 0 Å². The van der Waals surface area contributed by atoms with E-state index in [1.807, 2.05) is 19.1 Å². The van der Waals surface area contributed by atoms with Gasteiger partial charge in [-0.2, -0.15) is 0 Å². The molecule has 0 radical (unpaired) electrons. The van der Waals surface area contributed by atoms with Crippen LogP contribution in [0.3, 0.4) is 0 Å². The van der Waals surface area contributed by atoms with Gasteiger partial charge in [0.05, 0.1) is 0 Å². The Morgan fingerprint density at radius 3 is 2.76 bits per heavy atom. The number of nitrogens with zero attached hydrogens (tertiary/aromatic N) is 1. The summed E-state index contributed by atoms with van der Waals surface area (Å²) in [7, 11) is 0. The van der Waals surface area contributed by atoms with Crippen LogP contribution in [-0.2, 0) is 0 Å². The number of rotatable bonds is 7. The standard InChI is InChI=1S/C14H23N3/c1-4-8-11(5-2)17-14-12(13(15)6-3)9-7-10-16-14/h7,9-11,15H,4-6,8H2,1-3H3,(H,16,17). The van der Waals surface area contributed by atoms with Crippen LogP contribution in [-0.4, -0.2) is 16.7 Å². The van der Waals surface area contributed by atoms with Gasteiger partial charge in [0.15, 0.2) is 0 Å². The van der Waals surface area contributed by atoms with E-state index in [0.29, 0.717) is 11.8 Å². The van der Waals surface area contributed by atoms with Crippen LogP contribution in [0, 0.1) is 5.41 Å². The molecule has 0 saturated heterocycles. The Morgan fingerprint density at radius 2 is 2.18 bits per heavy atom. The summed E-state index contributed by atoms with van der Waals surface area (Å²) < 4.78 is 0. The maximum Gasteiger partial charge on any atom is 0.135 e. The Kier molecular flexibility index (Phi) is 5.67. The van der Waals surface area contributed by atoms with Crippen LogP contribution >= 0.6 is 0 Å². The number of nitrogens with one attached hydrogen (secondary N) is 2. The molecule has 1 aromatic heterocycles. The van der Waals surface area contributed by atoms with Crippen molar-refractivity contribution >= 4 is 11.5 Å². The summed E-state index contributed by atoms with van der Waals surface area (Å²) in [6.07, 6.45) is 5.92. The van der Waals surface area contributed by atoms with E-state index in [4.69, 9.17) is 5.41 Å². The largest absolute Gasteiger partial charge is 0.367 e. The van der Waals surface area contributed by atoms with Crippen molar-refractivity contribution in [1.29, 1.82) is 5.41 Å². The van der Waals surface area contributed by atoms with Crippen LogP contribution in [0.15, 0.2) is 18.3 Å². The molecule has 0 amide bonds. The highest BCUT2D eigenvalue weighted by Crippen LogP contribution is 2.17. The van der Waals surface area contributed by atoms with Gasteiger partial charge in [0.2, 0.25) is 0 Å². The Bertz CT molecular complexity index is 360. The molecular weight excluding hydrogens is 210 g/mol. The first-order valence-electron chi connectivity index (χ1n) is 6.52. The Hall–Kier alpha value is -1.38. The lowest BCUT2D eigenvalue weighted by atomic mass is 10.1. The van der Waals surface area contributed by atoms with Crippen LogP contribution in [0.1, 0.15) is 52.0 Å². The van der Waals surface area contributed by atoms with Gasteiger partial charge in [0.25, 0.3) is 0 Å². The van der Waals surface area contributed by atoms with Crippen LogP contribution in [0.25, 0.3) is 0 Å². The zero-order valence-electron chi connectivity index (χ0n) is 11.1. The van der Waals surface area contributed by atoms with Crippen molar-refractivity contribution < 1.29 is 0 Å². The first kappa shape index (κ1) is 13.7. The van der Waals surface area contributed by atoms with Crippen molar-refractivity contribution in [2.24, 2.45) is 0 Å². The van der Waals surface area contributed by atoms with E-state index in [1.54, 1.807) is 6.20 Å². The lowest BCUT2D eigenvalue weighted by Crippen LogP contribution is -2.20. The van der Waals surface area contributed by atoms with Gasteiger partial charge in [-0.25, -0.2) is 4.98 Å². The highest BCUT2D eigenvalue weighted by Gasteiger charge is 2.11. The van der Waals surface area contributed by atoms with Gasteiger partial charge in [-0.05, 0) is 31.4 Å². The second-order valence-electron chi connectivity index (χ2n) is 4.27. The van der Waals surface area contributed by atoms with E-state index in [0.717, 1.165) is 30.6 Å². The molecule has 0 aliphatic carbocycles. The topological polar surface area (TPSA) is 48.8 Å². The third-order valence-corrected chi connectivity index (χ3v) is 2.96. The highest BCUT2D eigenvalue weighted by molar-refractivity contribution is 6.02. The first-order chi connectivity index (χ1) is 8.22. The van der Waals surface area contributed by atoms with E-state index < -0.39 is 0 Å². The van der Waals surface area contributed by atoms with Gasteiger partial charge in [-0.1, -0.05) is 27.2 Å². The number of aromatic nitrogens is 1. The third-order valence-electron chi connectivity index (χ3n) is 2.96. The molecule has 1 unspecified atom stereocenters. The maximum absolute atomic E-state index is 7.94. The Labute approximate surface area is 104 Å². The van der Waals surface area contributed by atoms with Gasteiger partial charge < -0.3 is 10.7 Å². The second kappa shape index (κ2) is 7.05. The van der Waals surface area contributed by atoms with Gasteiger partial charge in [-0.15, -0.1) is 0 Å². The zero-order chi connectivity index (χ0) is 12.7. The van der Waals surface area contributed by atoms with Crippen molar-refractivity contribution in [2.45, 2.75) is 52.5 Å². The van der Waals surface area contributed by atoms with Crippen molar-refractivity contribution in [2.75, 3.05) is 5.32 Å². The summed E-state index contributed by atoms with van der Waals surface area (Å²) in [4.78, 5) is 4.37. The monoisotopic (exact) mass is 233 g/mol. The molecule has 2 N–H and O–H groups in total. The fourth-order valence-electron chi connectivity index (χ4n) is 1.87. The molecule has 0 aliphatic rings. The number of anilines is 1. The Morgan fingerprint density at radius 1 is 1.41 bits per heavy atom. The lowest BCUT2D eigenvalue weighted by Gasteiger charge is -2.19. The fraction of sp³-hybridized carbons (Fsp3) is 0.571. The first-order valence-corrected chi connectivity index (χ1v) is 6.52. The maximum atomic E-state index is 7.94. The summed E-state index contributed by atoms with van der Waals surface area (Å²) in [5.41, 5.74) is 1.58. The molecule has 1 aromatic rings. The minimum absolute atomic E-state index is 0.457. The molecule has 0 saturated carbocycles. The summed E-state index contributed by atoms with van der Waals surface area (Å²) in [6, 6.07) is 4.32. The summed E-state index contributed by atoms with van der Waals surface area (Å²) in [6.45, 7) is 6.38. The van der Waals surface area contributed by atoms with Crippen molar-refractivity contribution in [1.82, 2.24) is 4.98 Å². The molecule has 17 heavy (non-hydrogen) atoms. The second-order valence-corrected chi connectivity index (χ2v) is 4.27. The van der Waals surface area contributed by atoms with Crippen LogP contribution in [0.5, 0.6) is 0 Å². The molecule has 3 heteroatoms. The summed E-state index contributed by atoms with van der Waals surface area (Å²) >= 11 is 0. The predicted octanol–water partition coefficient (Wildman–Crippen LogP) is 3.85. The molecule has 1 atom stereocenters. The normalized spacial score (nSPS) is 12.2. The van der Waals surface area contributed by atoms with Gasteiger partial charge in [0.1, 0.15) is 5.82 Å². The predicted molar refractivity (Wildman–Crippen MR) is 74.0 cm³/mol. The van der Waals surface area contributed by atoms with Crippen molar-refractivity contribution in [3.05, 3.63) is 23.9 Å². The number of hydrogen-bond donors (Lipinski definition) is 2. The molecule has 1 heterocycles. The molecule has 0 spiro atoms. The molecule has 0 fully saturated rings. The molecular formula is C14H23N3. The van der Waals surface area contributed by atoms with Gasteiger partial charge >= 0.3 is 0 Å². The average molecular weight is 233 g/mol. The van der Waals surface area contributed by atoms with Crippen molar-refractivity contribution in [3.63, 3.8) is 0 Å². The van der Waals surface area contributed by atoms with Gasteiger partial charge in [0, 0.05) is 23.5 Å². The third kappa shape index (κ3) is 3.84. The average Bonchev–Trinajstić information content (AvgIpc) is 2.38. The van der Waals surface area contributed by atoms with E-state index in [9.17, 15) is 0 Å². The molecule has 0 aromatic carbocycles. The van der Waals surface area contributed by atoms with Crippen LogP contribution in [0.4, 0.5) is 5.82 Å². The summed E-state index contributed by atoms with van der Waals surface area (Å²) in [5, 5.41) is 11.4. The van der Waals surface area contributed by atoms with E-state index in [1.165, 1.54) is 6.42 Å². The van der Waals surface area contributed by atoms with Crippen LogP contribution < -0.4 is 5.32 Å². The van der Waals surface area contributed by atoms with E-state index in [2.05, 4.69) is 24.1 Å². The van der Waals surface area contributed by atoms with Gasteiger partial charge in [-0.3, -0.25) is 0 Å². The lowest BCUT2D eigenvalue weighted by molar-refractivity contribution is 0.620. The van der Waals surface area contributed by atoms with E-state index >= 15 is 0 Å². The number of hydrogen-bond acceptors (Lipinski definition) is 3. The minimum atomic E-state index is 0.457. The SMILES string of the molecule is CCCC(CC)Nc1ncccc1C(=N)CC. The molecule has 3 nitrogen and oxygen atoms in total.